The van der Waals surface area contributed by atoms with Crippen LogP contribution in [0.3, 0.4) is 0 Å². The molecule has 6 heteroatoms. The summed E-state index contributed by atoms with van der Waals surface area (Å²) in [4.78, 5) is 27.2. The van der Waals surface area contributed by atoms with Gasteiger partial charge in [0, 0.05) is 18.0 Å². The van der Waals surface area contributed by atoms with Crippen molar-refractivity contribution >= 4 is 23.5 Å². The van der Waals surface area contributed by atoms with Crippen molar-refractivity contribution in [2.75, 3.05) is 7.11 Å². The van der Waals surface area contributed by atoms with Gasteiger partial charge in [-0.2, -0.15) is 0 Å². The average Bonchev–Trinajstić information content (AvgIpc) is 2.49. The molecular formula is C15H12ClNO4. The van der Waals surface area contributed by atoms with Crippen LogP contribution >= 0.6 is 11.6 Å². The van der Waals surface area contributed by atoms with E-state index in [-0.39, 0.29) is 12.0 Å². The van der Waals surface area contributed by atoms with Crippen molar-refractivity contribution in [1.29, 1.82) is 0 Å². The smallest absolute Gasteiger partial charge is 0.345 e. The Labute approximate surface area is 126 Å². The maximum atomic E-state index is 12.0. The molecule has 0 aliphatic rings. The van der Waals surface area contributed by atoms with Gasteiger partial charge in [0.2, 0.25) is 0 Å². The van der Waals surface area contributed by atoms with Crippen molar-refractivity contribution in [3.8, 4) is 5.75 Å². The highest BCUT2D eigenvalue weighted by Crippen LogP contribution is 2.20. The lowest BCUT2D eigenvalue weighted by Gasteiger charge is -2.09. The summed E-state index contributed by atoms with van der Waals surface area (Å²) in [6.07, 6.45) is 2.80. The Balaban J connectivity index is 2.19. The van der Waals surface area contributed by atoms with Gasteiger partial charge in [-0.3, -0.25) is 9.78 Å². The summed E-state index contributed by atoms with van der Waals surface area (Å²) >= 11 is 5.78. The van der Waals surface area contributed by atoms with Crippen molar-refractivity contribution in [2.45, 2.75) is 6.42 Å². The van der Waals surface area contributed by atoms with Crippen LogP contribution in [0.4, 0.5) is 0 Å². The molecule has 1 heterocycles. The van der Waals surface area contributed by atoms with Crippen LogP contribution in [0.2, 0.25) is 5.02 Å². The summed E-state index contributed by atoms with van der Waals surface area (Å²) in [6, 6.07) is 8.21. The second kappa shape index (κ2) is 6.85. The Morgan fingerprint density at radius 3 is 2.71 bits per heavy atom. The minimum Gasteiger partial charge on any atom is -0.469 e. The number of carbonyl (C=O) groups is 2. The van der Waals surface area contributed by atoms with Crippen molar-refractivity contribution in [3.63, 3.8) is 0 Å². The number of methoxy groups -OCH3 is 1. The quantitative estimate of drug-likeness (QED) is 0.642. The van der Waals surface area contributed by atoms with Crippen LogP contribution in [0.5, 0.6) is 5.75 Å². The van der Waals surface area contributed by atoms with Gasteiger partial charge >= 0.3 is 11.9 Å². The van der Waals surface area contributed by atoms with Gasteiger partial charge in [-0.05, 0) is 12.1 Å². The molecule has 2 rings (SSSR count). The summed E-state index contributed by atoms with van der Waals surface area (Å²) in [7, 11) is 1.30. The summed E-state index contributed by atoms with van der Waals surface area (Å²) < 4.78 is 9.89. The number of carbonyl (C=O) groups excluding carboxylic acids is 2. The molecule has 0 spiro atoms. The van der Waals surface area contributed by atoms with Crippen molar-refractivity contribution in [2.24, 2.45) is 0 Å². The van der Waals surface area contributed by atoms with E-state index in [1.54, 1.807) is 24.3 Å². The molecule has 1 aromatic heterocycles. The summed E-state index contributed by atoms with van der Waals surface area (Å²) in [5.41, 5.74) is 0.794. The molecule has 2 aromatic rings. The van der Waals surface area contributed by atoms with E-state index in [0.717, 1.165) is 0 Å². The Hall–Kier alpha value is -2.40. The van der Waals surface area contributed by atoms with Crippen molar-refractivity contribution < 1.29 is 19.1 Å². The highest BCUT2D eigenvalue weighted by atomic mass is 35.5. The van der Waals surface area contributed by atoms with Crippen LogP contribution in [0.25, 0.3) is 0 Å². The molecular weight excluding hydrogens is 294 g/mol. The molecule has 0 amide bonds. The Morgan fingerprint density at radius 2 is 2.00 bits per heavy atom. The number of hydrogen-bond donors (Lipinski definition) is 0. The van der Waals surface area contributed by atoms with Gasteiger partial charge in [0.25, 0.3) is 0 Å². The molecule has 108 valence electrons. The Bertz CT molecular complexity index is 672. The largest absolute Gasteiger partial charge is 0.469 e. The number of halogens is 1. The maximum absolute atomic E-state index is 12.0. The van der Waals surface area contributed by atoms with E-state index in [1.807, 2.05) is 0 Å². The van der Waals surface area contributed by atoms with E-state index >= 15 is 0 Å². The zero-order chi connectivity index (χ0) is 15.2. The van der Waals surface area contributed by atoms with Crippen molar-refractivity contribution in [1.82, 2.24) is 4.98 Å². The molecule has 0 atom stereocenters. The second-order valence-corrected chi connectivity index (χ2v) is 4.58. The average molecular weight is 306 g/mol. The predicted octanol–water partition coefficient (Wildman–Crippen LogP) is 2.67. The third-order valence-corrected chi connectivity index (χ3v) is 2.89. The van der Waals surface area contributed by atoms with Gasteiger partial charge in [-0.1, -0.05) is 29.8 Å². The molecule has 0 N–H and O–H groups in total. The first-order valence-corrected chi connectivity index (χ1v) is 6.45. The van der Waals surface area contributed by atoms with E-state index in [0.29, 0.717) is 16.3 Å². The first kappa shape index (κ1) is 15.0. The van der Waals surface area contributed by atoms with E-state index in [1.165, 1.54) is 25.6 Å². The fourth-order valence-corrected chi connectivity index (χ4v) is 1.83. The standard InChI is InChI=1S/C15H12ClNO4/c1-20-14(18)7-10-4-2-3-5-13(10)21-15(19)11-6-12(16)9-17-8-11/h2-6,8-9H,7H2,1H3. The highest BCUT2D eigenvalue weighted by molar-refractivity contribution is 6.30. The van der Waals surface area contributed by atoms with E-state index in [2.05, 4.69) is 9.72 Å². The van der Waals surface area contributed by atoms with Crippen LogP contribution in [0.15, 0.2) is 42.7 Å². The third kappa shape index (κ3) is 4.03. The van der Waals surface area contributed by atoms with E-state index < -0.39 is 11.9 Å². The lowest BCUT2D eigenvalue weighted by molar-refractivity contribution is -0.139. The fraction of sp³-hybridized carbons (Fsp3) is 0.133. The SMILES string of the molecule is COC(=O)Cc1ccccc1OC(=O)c1cncc(Cl)c1. The van der Waals surface area contributed by atoms with Gasteiger partial charge < -0.3 is 9.47 Å². The molecule has 0 radical (unpaired) electrons. The zero-order valence-electron chi connectivity index (χ0n) is 11.2. The lowest BCUT2D eigenvalue weighted by Crippen LogP contribution is -2.12. The maximum Gasteiger partial charge on any atom is 0.345 e. The van der Waals surface area contributed by atoms with Gasteiger partial charge in [0.15, 0.2) is 0 Å². The Morgan fingerprint density at radius 1 is 1.24 bits per heavy atom. The second-order valence-electron chi connectivity index (χ2n) is 4.14. The molecule has 0 aliphatic carbocycles. The first-order chi connectivity index (χ1) is 10.1. The van der Waals surface area contributed by atoms with Crippen molar-refractivity contribution in [3.05, 3.63) is 58.9 Å². The van der Waals surface area contributed by atoms with Crippen LogP contribution in [-0.2, 0) is 16.0 Å². The molecule has 0 saturated heterocycles. The predicted molar refractivity (Wildman–Crippen MR) is 76.4 cm³/mol. The van der Waals surface area contributed by atoms with Gasteiger partial charge in [-0.15, -0.1) is 0 Å². The number of para-hydroxylation sites is 1. The minimum atomic E-state index is -0.595. The third-order valence-electron chi connectivity index (χ3n) is 2.68. The molecule has 1 aromatic carbocycles. The number of nitrogens with zero attached hydrogens (tertiary/aromatic N) is 1. The Kier molecular flexibility index (Phi) is 4.90. The number of ether oxygens (including phenoxy) is 2. The van der Waals surface area contributed by atoms with Crippen LogP contribution in [0.1, 0.15) is 15.9 Å². The van der Waals surface area contributed by atoms with E-state index in [9.17, 15) is 9.59 Å². The topological polar surface area (TPSA) is 65.5 Å². The van der Waals surface area contributed by atoms with Crippen LogP contribution in [0, 0.1) is 0 Å². The zero-order valence-corrected chi connectivity index (χ0v) is 12.0. The van der Waals surface area contributed by atoms with Crippen LogP contribution < -0.4 is 4.74 Å². The lowest BCUT2D eigenvalue weighted by atomic mass is 10.1. The van der Waals surface area contributed by atoms with Gasteiger partial charge in [-0.25, -0.2) is 4.79 Å². The molecule has 5 nitrogen and oxygen atoms in total. The fourth-order valence-electron chi connectivity index (χ4n) is 1.66. The molecule has 0 aliphatic heterocycles. The molecule has 0 bridgehead atoms. The number of esters is 2. The molecule has 0 saturated carbocycles. The highest BCUT2D eigenvalue weighted by Gasteiger charge is 2.14. The number of rotatable bonds is 4. The summed E-state index contributed by atoms with van der Waals surface area (Å²) in [6.45, 7) is 0. The number of hydrogen-bond acceptors (Lipinski definition) is 5. The molecule has 0 unspecified atom stereocenters. The monoisotopic (exact) mass is 305 g/mol. The van der Waals surface area contributed by atoms with Gasteiger partial charge in [0.05, 0.1) is 24.1 Å². The first-order valence-electron chi connectivity index (χ1n) is 6.07. The number of benzene rings is 1. The van der Waals surface area contributed by atoms with Crippen LogP contribution in [-0.4, -0.2) is 24.0 Å². The number of pyridine rings is 1. The minimum absolute atomic E-state index is 0.0216. The molecule has 0 fully saturated rings. The number of aromatic nitrogens is 1. The van der Waals surface area contributed by atoms with Gasteiger partial charge in [0.1, 0.15) is 5.75 Å². The van der Waals surface area contributed by atoms with E-state index in [4.69, 9.17) is 16.3 Å². The normalized spacial score (nSPS) is 10.0. The summed E-state index contributed by atoms with van der Waals surface area (Å²) in [5.74, 6) is -0.710. The summed E-state index contributed by atoms with van der Waals surface area (Å²) in [5, 5.41) is 0.340. The molecule has 21 heavy (non-hydrogen) atoms.